The molecular weight excluding hydrogens is 547 g/mol. The van der Waals surface area contributed by atoms with Gasteiger partial charge in [-0.05, 0) is 67.5 Å². The van der Waals surface area contributed by atoms with Crippen LogP contribution in [0.3, 0.4) is 0 Å². The first-order chi connectivity index (χ1) is 19.1. The van der Waals surface area contributed by atoms with Crippen molar-refractivity contribution >= 4 is 29.1 Å². The average molecular weight is 586 g/mol. The van der Waals surface area contributed by atoms with Crippen LogP contribution in [0.4, 0.5) is 0 Å². The van der Waals surface area contributed by atoms with E-state index in [2.05, 4.69) is 31.4 Å². The molecule has 8 heteroatoms. The predicted octanol–water partition coefficient (Wildman–Crippen LogP) is 5.44. The molecular formula is C32H38Cl2N2O4. The molecule has 1 spiro atoms. The number of benzene rings is 2. The van der Waals surface area contributed by atoms with Crippen LogP contribution in [-0.2, 0) is 23.1 Å². The topological polar surface area (TPSA) is 62.2 Å². The SMILES string of the molecule is C=CCN1CC[C@]23c4c5ccc(OC)c4O[C@H]2[C@H](N(CC(C)C)C(=O)Cc2ccc(Cl)c(Cl)c2)CC[C@@]3(O)[C@H]1C5. The van der Waals surface area contributed by atoms with E-state index in [0.717, 1.165) is 42.8 Å². The Balaban J connectivity index is 1.43. The van der Waals surface area contributed by atoms with Gasteiger partial charge in [0.05, 0.1) is 40.6 Å². The van der Waals surface area contributed by atoms with Gasteiger partial charge in [-0.25, -0.2) is 0 Å². The summed E-state index contributed by atoms with van der Waals surface area (Å²) in [6.07, 6.45) is 4.54. The first-order valence-corrected chi connectivity index (χ1v) is 15.1. The average Bonchev–Trinajstić information content (AvgIpc) is 3.26. The molecule has 6 nitrogen and oxygen atoms in total. The van der Waals surface area contributed by atoms with Crippen LogP contribution in [0, 0.1) is 5.92 Å². The van der Waals surface area contributed by atoms with E-state index in [1.807, 2.05) is 23.1 Å². The molecule has 2 aromatic rings. The van der Waals surface area contributed by atoms with Crippen molar-refractivity contribution in [1.29, 1.82) is 0 Å². The van der Waals surface area contributed by atoms with Gasteiger partial charge in [-0.3, -0.25) is 9.69 Å². The molecule has 2 aliphatic carbocycles. The van der Waals surface area contributed by atoms with Crippen molar-refractivity contribution in [2.24, 2.45) is 5.92 Å². The molecule has 2 heterocycles. The van der Waals surface area contributed by atoms with E-state index in [1.165, 1.54) is 5.56 Å². The molecule has 2 fully saturated rings. The van der Waals surface area contributed by atoms with E-state index >= 15 is 0 Å². The standard InChI is InChI=1S/C32H38Cl2N2O4/c1-5-13-35-14-12-31-28-21-7-9-25(39-4)29(28)40-30(31)24(10-11-32(31,38)26(35)17-21)36(18-19(2)3)27(37)16-20-6-8-22(33)23(34)15-20/h5-9,15,19,24,26,30,38H,1,10-14,16-18H2,2-4H3/t24-,26-,30+,31+,32-/m1/s1. The molecule has 5 atom stereocenters. The van der Waals surface area contributed by atoms with Gasteiger partial charge in [0.1, 0.15) is 6.10 Å². The Hall–Kier alpha value is -2.25. The van der Waals surface area contributed by atoms with Crippen LogP contribution in [0.5, 0.6) is 11.5 Å². The Kier molecular flexibility index (Phi) is 7.14. The molecule has 1 saturated heterocycles. The monoisotopic (exact) mass is 584 g/mol. The van der Waals surface area contributed by atoms with Gasteiger partial charge in [0.15, 0.2) is 11.5 Å². The number of piperidine rings is 1. The summed E-state index contributed by atoms with van der Waals surface area (Å²) in [5, 5.41) is 13.7. The highest BCUT2D eigenvalue weighted by molar-refractivity contribution is 6.42. The maximum atomic E-state index is 14.1. The molecule has 0 aromatic heterocycles. The predicted molar refractivity (Wildman–Crippen MR) is 158 cm³/mol. The number of carbonyl (C=O) groups excluding carboxylic acids is 1. The molecule has 2 aromatic carbocycles. The van der Waals surface area contributed by atoms with E-state index < -0.39 is 11.0 Å². The number of hydrogen-bond donors (Lipinski definition) is 1. The molecule has 2 bridgehead atoms. The zero-order valence-electron chi connectivity index (χ0n) is 23.5. The number of carbonyl (C=O) groups is 1. The first-order valence-electron chi connectivity index (χ1n) is 14.3. The number of halogens is 2. The summed E-state index contributed by atoms with van der Waals surface area (Å²) in [6, 6.07) is 9.27. The van der Waals surface area contributed by atoms with E-state index in [0.29, 0.717) is 35.2 Å². The molecule has 0 unspecified atom stereocenters. The summed E-state index contributed by atoms with van der Waals surface area (Å²) in [6.45, 7) is 10.4. The van der Waals surface area contributed by atoms with Crippen molar-refractivity contribution in [1.82, 2.24) is 9.80 Å². The van der Waals surface area contributed by atoms with Crippen molar-refractivity contribution in [3.05, 3.63) is 69.7 Å². The maximum absolute atomic E-state index is 14.1. The molecule has 0 radical (unpaired) electrons. The van der Waals surface area contributed by atoms with E-state index in [-0.39, 0.29) is 36.4 Å². The Morgan fingerprint density at radius 1 is 1.27 bits per heavy atom. The Bertz CT molecular complexity index is 1350. The summed E-state index contributed by atoms with van der Waals surface area (Å²) < 4.78 is 12.7. The minimum atomic E-state index is -0.976. The third-order valence-electron chi connectivity index (χ3n) is 9.73. The molecule has 40 heavy (non-hydrogen) atoms. The Morgan fingerprint density at radius 3 is 2.77 bits per heavy atom. The van der Waals surface area contributed by atoms with Crippen molar-refractivity contribution in [2.45, 2.75) is 75.2 Å². The fourth-order valence-corrected chi connectivity index (χ4v) is 8.52. The first kappa shape index (κ1) is 27.9. The normalized spacial score (nSPS) is 30.0. The number of nitrogens with zero attached hydrogens (tertiary/aromatic N) is 2. The van der Waals surface area contributed by atoms with Gasteiger partial charge >= 0.3 is 0 Å². The highest BCUT2D eigenvalue weighted by atomic mass is 35.5. The molecule has 1 saturated carbocycles. The van der Waals surface area contributed by atoms with Crippen LogP contribution in [0.25, 0.3) is 0 Å². The van der Waals surface area contributed by atoms with E-state index in [4.69, 9.17) is 32.7 Å². The zero-order chi connectivity index (χ0) is 28.4. The lowest BCUT2D eigenvalue weighted by atomic mass is 9.48. The van der Waals surface area contributed by atoms with Crippen molar-refractivity contribution < 1.29 is 19.4 Å². The van der Waals surface area contributed by atoms with Crippen molar-refractivity contribution in [2.75, 3.05) is 26.7 Å². The smallest absolute Gasteiger partial charge is 0.227 e. The summed E-state index contributed by atoms with van der Waals surface area (Å²) in [5.74, 6) is 1.72. The quantitative estimate of drug-likeness (QED) is 0.419. The third-order valence-corrected chi connectivity index (χ3v) is 10.5. The van der Waals surface area contributed by atoms with Crippen LogP contribution in [-0.4, -0.2) is 71.3 Å². The van der Waals surface area contributed by atoms with Gasteiger partial charge < -0.3 is 19.5 Å². The molecule has 214 valence electrons. The molecule has 1 N–H and O–H groups in total. The molecule has 1 amide bonds. The van der Waals surface area contributed by atoms with Gasteiger partial charge in [-0.15, -0.1) is 6.58 Å². The van der Waals surface area contributed by atoms with Gasteiger partial charge in [-0.2, -0.15) is 0 Å². The van der Waals surface area contributed by atoms with Crippen LogP contribution < -0.4 is 9.47 Å². The van der Waals surface area contributed by atoms with E-state index in [1.54, 1.807) is 19.2 Å². The lowest BCUT2D eigenvalue weighted by molar-refractivity contribution is -0.200. The van der Waals surface area contributed by atoms with Crippen LogP contribution in [0.1, 0.15) is 49.8 Å². The van der Waals surface area contributed by atoms with E-state index in [9.17, 15) is 9.90 Å². The van der Waals surface area contributed by atoms with Crippen LogP contribution in [0.15, 0.2) is 43.0 Å². The molecule has 2 aliphatic heterocycles. The summed E-state index contributed by atoms with van der Waals surface area (Å²) >= 11 is 12.4. The number of likely N-dealkylation sites (tertiary alicyclic amines) is 1. The van der Waals surface area contributed by atoms with Gasteiger partial charge in [0.25, 0.3) is 0 Å². The number of methoxy groups -OCH3 is 1. The lowest BCUT2D eigenvalue weighted by Gasteiger charge is -2.64. The van der Waals surface area contributed by atoms with Gasteiger partial charge in [0.2, 0.25) is 5.91 Å². The molecule has 4 aliphatic rings. The minimum absolute atomic E-state index is 0.0297. The van der Waals surface area contributed by atoms with Gasteiger partial charge in [-0.1, -0.05) is 55.3 Å². The van der Waals surface area contributed by atoms with Crippen molar-refractivity contribution in [3.8, 4) is 11.5 Å². The van der Waals surface area contributed by atoms with Crippen LogP contribution in [0.2, 0.25) is 10.0 Å². The molecule has 6 rings (SSSR count). The summed E-state index contributed by atoms with van der Waals surface area (Å²) in [5.41, 5.74) is 1.54. The lowest BCUT2D eigenvalue weighted by Crippen LogP contribution is -2.78. The Labute approximate surface area is 246 Å². The number of rotatable bonds is 8. The summed E-state index contributed by atoms with van der Waals surface area (Å²) in [7, 11) is 1.66. The fourth-order valence-electron chi connectivity index (χ4n) is 8.20. The highest BCUT2D eigenvalue weighted by Crippen LogP contribution is 2.66. The largest absolute Gasteiger partial charge is 0.493 e. The number of amides is 1. The van der Waals surface area contributed by atoms with Gasteiger partial charge in [0, 0.05) is 24.7 Å². The summed E-state index contributed by atoms with van der Waals surface area (Å²) in [4.78, 5) is 18.5. The highest BCUT2D eigenvalue weighted by Gasteiger charge is 2.73. The third kappa shape index (κ3) is 4.01. The number of aliphatic hydroxyl groups is 1. The maximum Gasteiger partial charge on any atom is 0.227 e. The second-order valence-electron chi connectivity index (χ2n) is 12.3. The fraction of sp³-hybridized carbons (Fsp3) is 0.531. The van der Waals surface area contributed by atoms with Crippen LogP contribution >= 0.6 is 23.2 Å². The zero-order valence-corrected chi connectivity index (χ0v) is 25.0. The second-order valence-corrected chi connectivity index (χ2v) is 13.1. The minimum Gasteiger partial charge on any atom is -0.493 e. The number of ether oxygens (including phenoxy) is 2. The Morgan fingerprint density at radius 2 is 2.08 bits per heavy atom. The second kappa shape index (κ2) is 10.2. The van der Waals surface area contributed by atoms with Crippen molar-refractivity contribution in [3.63, 3.8) is 0 Å². The number of hydrogen-bond acceptors (Lipinski definition) is 5.